The van der Waals surface area contributed by atoms with Gasteiger partial charge in [-0.05, 0) is 49.4 Å². The molecule has 0 bridgehead atoms. The van der Waals surface area contributed by atoms with Gasteiger partial charge in [-0.15, -0.1) is 0 Å². The molecule has 2 fully saturated rings. The summed E-state index contributed by atoms with van der Waals surface area (Å²) in [6.07, 6.45) is 4.19. The summed E-state index contributed by atoms with van der Waals surface area (Å²) < 4.78 is 24.3. The molecule has 0 N–H and O–H groups in total. The summed E-state index contributed by atoms with van der Waals surface area (Å²) in [4.78, 5) is 14.4. The van der Waals surface area contributed by atoms with E-state index in [0.717, 1.165) is 43.2 Å². The minimum Gasteiger partial charge on any atom is -0.446 e. The number of ether oxygens (including phenoxy) is 2. The fraction of sp³-hybridized carbons (Fsp3) is 0.611. The van der Waals surface area contributed by atoms with E-state index in [1.807, 2.05) is 11.8 Å². The largest absolute Gasteiger partial charge is 0.446 e. The van der Waals surface area contributed by atoms with Crippen LogP contribution in [0.2, 0.25) is 0 Å². The lowest BCUT2D eigenvalue weighted by molar-refractivity contribution is -0.0173. The topological polar surface area (TPSA) is 38.8 Å². The lowest BCUT2D eigenvalue weighted by Gasteiger charge is -2.37. The highest BCUT2D eigenvalue weighted by Crippen LogP contribution is 2.33. The van der Waals surface area contributed by atoms with Crippen molar-refractivity contribution in [2.24, 2.45) is 0 Å². The average Bonchev–Trinajstić information content (AvgIpc) is 2.56. The third kappa shape index (κ3) is 3.83. The van der Waals surface area contributed by atoms with Crippen molar-refractivity contribution in [3.8, 4) is 0 Å². The molecule has 1 amide bonds. The average molecular weight is 321 g/mol. The highest BCUT2D eigenvalue weighted by Gasteiger charge is 2.31. The molecule has 1 aromatic carbocycles. The number of halogens is 1. The number of carbonyl (C=O) groups is 1. The van der Waals surface area contributed by atoms with Crippen molar-refractivity contribution in [2.75, 3.05) is 19.8 Å². The van der Waals surface area contributed by atoms with Crippen molar-refractivity contribution in [3.63, 3.8) is 0 Å². The minimum atomic E-state index is -0.245. The monoisotopic (exact) mass is 321 g/mol. The Hall–Kier alpha value is -1.62. The summed E-state index contributed by atoms with van der Waals surface area (Å²) in [6.45, 7) is 3.90. The molecule has 3 rings (SSSR count). The van der Waals surface area contributed by atoms with E-state index in [2.05, 4.69) is 0 Å². The first-order chi connectivity index (χ1) is 11.1. The Bertz CT molecular complexity index is 557. The van der Waals surface area contributed by atoms with E-state index in [9.17, 15) is 9.18 Å². The zero-order valence-corrected chi connectivity index (χ0v) is 13.6. The maximum atomic E-state index is 13.4. The first kappa shape index (κ1) is 16.2. The fourth-order valence-electron chi connectivity index (χ4n) is 3.49. The van der Waals surface area contributed by atoms with E-state index in [0.29, 0.717) is 19.8 Å². The van der Waals surface area contributed by atoms with Gasteiger partial charge in [0.2, 0.25) is 0 Å². The fourth-order valence-corrected chi connectivity index (χ4v) is 3.49. The van der Waals surface area contributed by atoms with Crippen molar-refractivity contribution < 1.29 is 18.7 Å². The van der Waals surface area contributed by atoms with Crippen LogP contribution in [-0.4, -0.2) is 36.9 Å². The van der Waals surface area contributed by atoms with E-state index in [-0.39, 0.29) is 24.1 Å². The summed E-state index contributed by atoms with van der Waals surface area (Å²) >= 11 is 0. The summed E-state index contributed by atoms with van der Waals surface area (Å²) in [5, 5.41) is 0. The molecule has 2 heterocycles. The second kappa shape index (κ2) is 7.30. The highest BCUT2D eigenvalue weighted by molar-refractivity contribution is 5.69. The minimum absolute atomic E-state index is 0.0170. The summed E-state index contributed by atoms with van der Waals surface area (Å²) in [5.41, 5.74) is 1.91. The van der Waals surface area contributed by atoms with Crippen molar-refractivity contribution in [1.82, 2.24) is 4.90 Å². The number of benzene rings is 1. The molecule has 4 nitrogen and oxygen atoms in total. The van der Waals surface area contributed by atoms with Gasteiger partial charge in [0.25, 0.3) is 0 Å². The quantitative estimate of drug-likeness (QED) is 0.827. The Morgan fingerprint density at radius 1 is 1.26 bits per heavy atom. The van der Waals surface area contributed by atoms with E-state index < -0.39 is 0 Å². The SMILES string of the molecule is Cc1cc(F)ccc1C1CCCCN1C(=O)OC1CCOCC1. The van der Waals surface area contributed by atoms with Crippen LogP contribution in [0.4, 0.5) is 9.18 Å². The predicted octanol–water partition coefficient (Wildman–Crippen LogP) is 3.98. The molecule has 1 aromatic rings. The van der Waals surface area contributed by atoms with Crippen LogP contribution in [0.1, 0.15) is 49.3 Å². The van der Waals surface area contributed by atoms with Gasteiger partial charge in [-0.2, -0.15) is 0 Å². The zero-order valence-electron chi connectivity index (χ0n) is 13.6. The Kier molecular flexibility index (Phi) is 5.16. The van der Waals surface area contributed by atoms with Crippen molar-refractivity contribution in [2.45, 2.75) is 51.2 Å². The number of nitrogens with zero attached hydrogens (tertiary/aromatic N) is 1. The molecule has 1 atom stereocenters. The van der Waals surface area contributed by atoms with Crippen LogP contribution in [0.15, 0.2) is 18.2 Å². The molecule has 1 unspecified atom stereocenters. The number of piperidine rings is 1. The maximum Gasteiger partial charge on any atom is 0.410 e. The molecule has 2 saturated heterocycles. The van der Waals surface area contributed by atoms with Crippen LogP contribution in [0, 0.1) is 12.7 Å². The lowest BCUT2D eigenvalue weighted by Crippen LogP contribution is -2.41. The smallest absolute Gasteiger partial charge is 0.410 e. The molecule has 5 heteroatoms. The molecule has 2 aliphatic heterocycles. The van der Waals surface area contributed by atoms with Gasteiger partial charge in [0.15, 0.2) is 0 Å². The molecule has 0 aliphatic carbocycles. The lowest BCUT2D eigenvalue weighted by atomic mass is 9.92. The van der Waals surface area contributed by atoms with E-state index in [4.69, 9.17) is 9.47 Å². The number of rotatable bonds is 2. The van der Waals surface area contributed by atoms with E-state index in [1.165, 1.54) is 12.1 Å². The predicted molar refractivity (Wildman–Crippen MR) is 84.8 cm³/mol. The molecule has 0 aromatic heterocycles. The molecule has 2 aliphatic rings. The standard InChI is InChI=1S/C18H24FNO3/c1-13-12-14(19)5-6-16(13)17-4-2-3-9-20(17)18(21)23-15-7-10-22-11-8-15/h5-6,12,15,17H,2-4,7-11H2,1H3. The van der Waals surface area contributed by atoms with Crippen LogP contribution in [-0.2, 0) is 9.47 Å². The molecule has 0 saturated carbocycles. The van der Waals surface area contributed by atoms with Gasteiger partial charge in [0.1, 0.15) is 11.9 Å². The Balaban J connectivity index is 1.73. The van der Waals surface area contributed by atoms with Gasteiger partial charge in [0, 0.05) is 19.4 Å². The van der Waals surface area contributed by atoms with Crippen LogP contribution in [0.5, 0.6) is 0 Å². The van der Waals surface area contributed by atoms with E-state index in [1.54, 1.807) is 6.07 Å². The Labute approximate surface area is 136 Å². The molecular formula is C18H24FNO3. The summed E-state index contributed by atoms with van der Waals surface area (Å²) in [6, 6.07) is 4.79. The van der Waals surface area contributed by atoms with Crippen molar-refractivity contribution in [1.29, 1.82) is 0 Å². The second-order valence-electron chi connectivity index (χ2n) is 6.40. The van der Waals surface area contributed by atoms with Crippen LogP contribution in [0.25, 0.3) is 0 Å². The summed E-state index contributed by atoms with van der Waals surface area (Å²) in [5.74, 6) is -0.238. The number of amides is 1. The molecule has 0 spiro atoms. The Morgan fingerprint density at radius 3 is 2.78 bits per heavy atom. The third-order valence-electron chi connectivity index (χ3n) is 4.76. The number of aryl methyl sites for hydroxylation is 1. The molecule has 0 radical (unpaired) electrons. The number of likely N-dealkylation sites (tertiary alicyclic amines) is 1. The number of hydrogen-bond donors (Lipinski definition) is 0. The van der Waals surface area contributed by atoms with Crippen molar-refractivity contribution in [3.05, 3.63) is 35.1 Å². The van der Waals surface area contributed by atoms with Gasteiger partial charge in [-0.25, -0.2) is 9.18 Å². The Morgan fingerprint density at radius 2 is 2.04 bits per heavy atom. The first-order valence-corrected chi connectivity index (χ1v) is 8.46. The third-order valence-corrected chi connectivity index (χ3v) is 4.76. The molecular weight excluding hydrogens is 297 g/mol. The van der Waals surface area contributed by atoms with Crippen LogP contribution in [0.3, 0.4) is 0 Å². The van der Waals surface area contributed by atoms with Crippen LogP contribution < -0.4 is 0 Å². The normalized spacial score (nSPS) is 22.9. The highest BCUT2D eigenvalue weighted by atomic mass is 19.1. The van der Waals surface area contributed by atoms with Crippen LogP contribution >= 0.6 is 0 Å². The molecule has 23 heavy (non-hydrogen) atoms. The molecule has 126 valence electrons. The van der Waals surface area contributed by atoms with E-state index >= 15 is 0 Å². The zero-order chi connectivity index (χ0) is 16.2. The number of carbonyl (C=O) groups excluding carboxylic acids is 1. The van der Waals surface area contributed by atoms with Gasteiger partial charge < -0.3 is 14.4 Å². The first-order valence-electron chi connectivity index (χ1n) is 8.46. The van der Waals surface area contributed by atoms with Gasteiger partial charge in [-0.3, -0.25) is 0 Å². The second-order valence-corrected chi connectivity index (χ2v) is 6.40. The van der Waals surface area contributed by atoms with Crippen molar-refractivity contribution >= 4 is 6.09 Å². The number of hydrogen-bond acceptors (Lipinski definition) is 3. The maximum absolute atomic E-state index is 13.4. The van der Waals surface area contributed by atoms with Gasteiger partial charge >= 0.3 is 6.09 Å². The van der Waals surface area contributed by atoms with Gasteiger partial charge in [0.05, 0.1) is 19.3 Å². The summed E-state index contributed by atoms with van der Waals surface area (Å²) in [7, 11) is 0. The van der Waals surface area contributed by atoms with Gasteiger partial charge in [-0.1, -0.05) is 6.07 Å².